The van der Waals surface area contributed by atoms with E-state index in [-0.39, 0.29) is 5.82 Å². The quantitative estimate of drug-likeness (QED) is 0.345. The van der Waals surface area contributed by atoms with E-state index in [1.165, 1.54) is 10.9 Å². The first kappa shape index (κ1) is 19.6. The molecule has 0 spiro atoms. The number of nitrogen functional groups attached to an aromatic ring is 1. The van der Waals surface area contributed by atoms with Crippen molar-refractivity contribution in [2.75, 3.05) is 12.3 Å². The van der Waals surface area contributed by atoms with E-state index < -0.39 is 31.1 Å². The molecule has 4 heterocycles. The molecule has 0 saturated carbocycles. The molecule has 4 atom stereocenters. The third kappa shape index (κ3) is 3.43. The number of rotatable bonds is 5. The summed E-state index contributed by atoms with van der Waals surface area (Å²) < 4.78 is 8.86. The van der Waals surface area contributed by atoms with Gasteiger partial charge in [-0.3, -0.25) is 9.25 Å². The highest BCUT2D eigenvalue weighted by molar-refractivity contribution is 5.83. The van der Waals surface area contributed by atoms with Crippen molar-refractivity contribution in [3.8, 4) is 11.4 Å². The van der Waals surface area contributed by atoms with Crippen LogP contribution in [0.2, 0.25) is 0 Å². The smallest absolute Gasteiger partial charge is 0.168 e. The summed E-state index contributed by atoms with van der Waals surface area (Å²) in [4.78, 5) is 13.1. The highest BCUT2D eigenvalue weighted by Gasteiger charge is 2.44. The number of aliphatic hydroxyl groups excluding tert-OH is 3. The standard InChI is InChI=1S/C20H21N7O4/c21-17-14-19(27(10-22-14)20-16(30)15(29)13(9-28)31-20)25-18(24-17)12-6-23-26(8-12)7-11-4-2-1-3-5-11/h1-6,8,10,13,15-16,20,28-30H,7,9H2,(H2,21,24,25). The number of aliphatic hydroxyl groups is 3. The molecule has 4 unspecified atom stereocenters. The number of benzene rings is 1. The number of hydrogen-bond acceptors (Lipinski definition) is 9. The summed E-state index contributed by atoms with van der Waals surface area (Å²) in [7, 11) is 0. The number of fused-ring (bicyclic) bond motifs is 1. The summed E-state index contributed by atoms with van der Waals surface area (Å²) in [5.41, 5.74) is 8.56. The van der Waals surface area contributed by atoms with Crippen molar-refractivity contribution < 1.29 is 20.1 Å². The van der Waals surface area contributed by atoms with Gasteiger partial charge >= 0.3 is 0 Å². The molecule has 1 aliphatic heterocycles. The molecule has 1 saturated heterocycles. The second kappa shape index (κ2) is 7.71. The lowest BCUT2D eigenvalue weighted by Crippen LogP contribution is -2.33. The minimum atomic E-state index is -1.26. The molecule has 11 heteroatoms. The third-order valence-corrected chi connectivity index (χ3v) is 5.32. The van der Waals surface area contributed by atoms with Gasteiger partial charge in [0.1, 0.15) is 23.8 Å². The molecule has 0 radical (unpaired) electrons. The molecule has 5 rings (SSSR count). The van der Waals surface area contributed by atoms with E-state index >= 15 is 0 Å². The first-order valence-electron chi connectivity index (χ1n) is 9.74. The Kier molecular flexibility index (Phi) is 4.87. The van der Waals surface area contributed by atoms with E-state index in [9.17, 15) is 15.3 Å². The summed E-state index contributed by atoms with van der Waals surface area (Å²) in [5, 5.41) is 34.2. The normalized spacial score (nSPS) is 23.6. The summed E-state index contributed by atoms with van der Waals surface area (Å²) in [5.74, 6) is 0.513. The van der Waals surface area contributed by atoms with Crippen LogP contribution in [0.15, 0.2) is 49.1 Å². The van der Waals surface area contributed by atoms with Gasteiger partial charge in [-0.05, 0) is 5.56 Å². The van der Waals surface area contributed by atoms with Crippen molar-refractivity contribution in [3.05, 3.63) is 54.6 Å². The zero-order valence-corrected chi connectivity index (χ0v) is 16.4. The molecule has 160 valence electrons. The predicted octanol–water partition coefficient (Wildman–Crippen LogP) is -0.0682. The summed E-state index contributed by atoms with van der Waals surface area (Å²) >= 11 is 0. The average molecular weight is 423 g/mol. The SMILES string of the molecule is Nc1nc(-c2cnn(Cc3ccccc3)c2)nc2c1ncn2C1OC(CO)C(O)C1O. The van der Waals surface area contributed by atoms with E-state index in [1.807, 2.05) is 36.5 Å². The second-order valence-corrected chi connectivity index (χ2v) is 7.40. The molecule has 1 aliphatic rings. The highest BCUT2D eigenvalue weighted by Crippen LogP contribution is 2.32. The van der Waals surface area contributed by atoms with Crippen LogP contribution in [-0.4, -0.2) is 69.5 Å². The van der Waals surface area contributed by atoms with E-state index in [2.05, 4.69) is 20.1 Å². The van der Waals surface area contributed by atoms with Gasteiger partial charge in [-0.25, -0.2) is 15.0 Å². The Morgan fingerprint density at radius 2 is 1.90 bits per heavy atom. The van der Waals surface area contributed by atoms with Crippen molar-refractivity contribution >= 4 is 17.0 Å². The Hall–Kier alpha value is -3.38. The number of nitrogens with zero attached hydrogens (tertiary/aromatic N) is 6. The Balaban J connectivity index is 1.49. The fraction of sp³-hybridized carbons (Fsp3) is 0.300. The van der Waals surface area contributed by atoms with Gasteiger partial charge in [0.15, 0.2) is 23.5 Å². The van der Waals surface area contributed by atoms with Crippen molar-refractivity contribution in [3.63, 3.8) is 0 Å². The molecular formula is C20H21N7O4. The Morgan fingerprint density at radius 3 is 2.65 bits per heavy atom. The van der Waals surface area contributed by atoms with Crippen LogP contribution in [0.3, 0.4) is 0 Å². The third-order valence-electron chi connectivity index (χ3n) is 5.32. The average Bonchev–Trinajstić information content (AvgIpc) is 3.48. The molecule has 1 fully saturated rings. The van der Waals surface area contributed by atoms with Crippen LogP contribution in [0.4, 0.5) is 5.82 Å². The molecule has 4 aromatic rings. The maximum absolute atomic E-state index is 10.4. The summed E-state index contributed by atoms with van der Waals surface area (Å²) in [6.45, 7) is 0.170. The fourth-order valence-electron chi connectivity index (χ4n) is 3.70. The number of aromatic nitrogens is 6. The largest absolute Gasteiger partial charge is 0.394 e. The van der Waals surface area contributed by atoms with Crippen LogP contribution in [0, 0.1) is 0 Å². The number of nitrogens with two attached hydrogens (primary N) is 1. The minimum absolute atomic E-state index is 0.168. The molecule has 0 aliphatic carbocycles. The molecule has 3 aromatic heterocycles. The number of ether oxygens (including phenoxy) is 1. The summed E-state index contributed by atoms with van der Waals surface area (Å²) in [6.07, 6.45) is 0.508. The minimum Gasteiger partial charge on any atom is -0.394 e. The van der Waals surface area contributed by atoms with Crippen molar-refractivity contribution in [2.45, 2.75) is 31.1 Å². The van der Waals surface area contributed by atoms with Gasteiger partial charge in [-0.1, -0.05) is 30.3 Å². The molecule has 1 aromatic carbocycles. The lowest BCUT2D eigenvalue weighted by molar-refractivity contribution is -0.0511. The van der Waals surface area contributed by atoms with E-state index in [1.54, 1.807) is 10.9 Å². The van der Waals surface area contributed by atoms with Gasteiger partial charge in [0.2, 0.25) is 0 Å². The van der Waals surface area contributed by atoms with Crippen molar-refractivity contribution in [2.24, 2.45) is 0 Å². The second-order valence-electron chi connectivity index (χ2n) is 7.40. The van der Waals surface area contributed by atoms with Gasteiger partial charge < -0.3 is 25.8 Å². The highest BCUT2D eigenvalue weighted by atomic mass is 16.6. The van der Waals surface area contributed by atoms with E-state index in [0.29, 0.717) is 29.1 Å². The first-order chi connectivity index (χ1) is 15.0. The Bertz CT molecular complexity index is 1210. The topological polar surface area (TPSA) is 157 Å². The van der Waals surface area contributed by atoms with Gasteiger partial charge in [-0.2, -0.15) is 5.10 Å². The lowest BCUT2D eigenvalue weighted by atomic mass is 10.1. The molecule has 0 bridgehead atoms. The van der Waals surface area contributed by atoms with E-state index in [0.717, 1.165) is 5.56 Å². The zero-order valence-electron chi connectivity index (χ0n) is 16.4. The van der Waals surface area contributed by atoms with Gasteiger partial charge in [0.05, 0.1) is 31.2 Å². The molecule has 5 N–H and O–H groups in total. The Labute approximate surface area is 176 Å². The lowest BCUT2D eigenvalue weighted by Gasteiger charge is -2.16. The van der Waals surface area contributed by atoms with Crippen LogP contribution in [0.1, 0.15) is 11.8 Å². The van der Waals surface area contributed by atoms with Gasteiger partial charge in [0, 0.05) is 6.20 Å². The van der Waals surface area contributed by atoms with Crippen molar-refractivity contribution in [1.29, 1.82) is 0 Å². The van der Waals surface area contributed by atoms with Gasteiger partial charge in [-0.15, -0.1) is 0 Å². The maximum atomic E-state index is 10.4. The number of imidazole rings is 1. The van der Waals surface area contributed by atoms with Crippen molar-refractivity contribution in [1.82, 2.24) is 29.3 Å². The summed E-state index contributed by atoms with van der Waals surface area (Å²) in [6, 6.07) is 9.93. The monoisotopic (exact) mass is 423 g/mol. The van der Waals surface area contributed by atoms with Crippen LogP contribution < -0.4 is 5.73 Å². The van der Waals surface area contributed by atoms with Crippen LogP contribution in [0.25, 0.3) is 22.6 Å². The van der Waals surface area contributed by atoms with Crippen LogP contribution >= 0.6 is 0 Å². The number of hydrogen-bond donors (Lipinski definition) is 4. The molecule has 11 nitrogen and oxygen atoms in total. The molecule has 0 amide bonds. The first-order valence-corrected chi connectivity index (χ1v) is 9.74. The maximum Gasteiger partial charge on any atom is 0.168 e. The van der Waals surface area contributed by atoms with Crippen LogP contribution in [-0.2, 0) is 11.3 Å². The zero-order chi connectivity index (χ0) is 21.5. The molecule has 31 heavy (non-hydrogen) atoms. The van der Waals surface area contributed by atoms with Crippen LogP contribution in [0.5, 0.6) is 0 Å². The Morgan fingerprint density at radius 1 is 1.10 bits per heavy atom. The van der Waals surface area contributed by atoms with Gasteiger partial charge in [0.25, 0.3) is 0 Å². The van der Waals surface area contributed by atoms with E-state index in [4.69, 9.17) is 10.5 Å². The molecular weight excluding hydrogens is 402 g/mol. The predicted molar refractivity (Wildman–Crippen MR) is 110 cm³/mol. The number of anilines is 1. The fourth-order valence-corrected chi connectivity index (χ4v) is 3.70.